The van der Waals surface area contributed by atoms with Crippen LogP contribution in [0.4, 0.5) is 0 Å². The van der Waals surface area contributed by atoms with Gasteiger partial charge in [0.2, 0.25) is 15.9 Å². The number of carbonyl (C=O) groups excluding carboxylic acids is 1. The van der Waals surface area contributed by atoms with Crippen molar-refractivity contribution in [3.05, 3.63) is 50.1 Å². The standard InChI is InChI=1S/C18H20BrClN2O3S2/c1-21(12-15-4-7-17(19)26-15)18(23)13-8-10-22(11-9-13)27(24,25)16-5-2-14(20)3-6-16/h2-7,13H,8-12H2,1H3. The van der Waals surface area contributed by atoms with Gasteiger partial charge in [-0.25, -0.2) is 8.42 Å². The highest BCUT2D eigenvalue weighted by Gasteiger charge is 2.33. The Morgan fingerprint density at radius 2 is 1.85 bits per heavy atom. The van der Waals surface area contributed by atoms with Gasteiger partial charge in [0, 0.05) is 36.0 Å². The van der Waals surface area contributed by atoms with E-state index in [-0.39, 0.29) is 16.7 Å². The monoisotopic (exact) mass is 490 g/mol. The molecule has 0 N–H and O–H groups in total. The fourth-order valence-corrected chi connectivity index (χ4v) is 6.29. The summed E-state index contributed by atoms with van der Waals surface area (Å²) in [7, 11) is -1.75. The molecule has 0 unspecified atom stereocenters. The Labute approximate surface area is 177 Å². The molecule has 2 aromatic rings. The van der Waals surface area contributed by atoms with E-state index in [0.29, 0.717) is 37.5 Å². The number of benzene rings is 1. The lowest BCUT2D eigenvalue weighted by Gasteiger charge is -2.32. The summed E-state index contributed by atoms with van der Waals surface area (Å²) in [5, 5.41) is 0.499. The molecule has 1 aromatic carbocycles. The number of hydrogen-bond donors (Lipinski definition) is 0. The minimum Gasteiger partial charge on any atom is -0.340 e. The van der Waals surface area contributed by atoms with Crippen LogP contribution in [0.1, 0.15) is 17.7 Å². The number of rotatable bonds is 5. The number of amides is 1. The van der Waals surface area contributed by atoms with Gasteiger partial charge >= 0.3 is 0 Å². The molecule has 1 amide bonds. The molecule has 0 saturated carbocycles. The molecule has 1 saturated heterocycles. The van der Waals surface area contributed by atoms with Crippen LogP contribution in [-0.4, -0.2) is 43.7 Å². The zero-order chi connectivity index (χ0) is 19.6. The number of nitrogens with zero attached hydrogens (tertiary/aromatic N) is 2. The molecule has 27 heavy (non-hydrogen) atoms. The Morgan fingerprint density at radius 1 is 1.22 bits per heavy atom. The molecule has 1 aromatic heterocycles. The van der Waals surface area contributed by atoms with E-state index in [1.807, 2.05) is 12.1 Å². The van der Waals surface area contributed by atoms with Gasteiger partial charge in [-0.3, -0.25) is 4.79 Å². The van der Waals surface area contributed by atoms with E-state index in [1.165, 1.54) is 16.4 Å². The number of sulfonamides is 1. The zero-order valence-corrected chi connectivity index (χ0v) is 18.7. The van der Waals surface area contributed by atoms with E-state index in [9.17, 15) is 13.2 Å². The van der Waals surface area contributed by atoms with Crippen molar-refractivity contribution in [1.82, 2.24) is 9.21 Å². The maximum absolute atomic E-state index is 12.7. The number of piperidine rings is 1. The highest BCUT2D eigenvalue weighted by atomic mass is 79.9. The van der Waals surface area contributed by atoms with Gasteiger partial charge < -0.3 is 4.90 Å². The van der Waals surface area contributed by atoms with Crippen LogP contribution in [0.5, 0.6) is 0 Å². The fourth-order valence-electron chi connectivity index (χ4n) is 3.16. The molecular formula is C18H20BrClN2O3S2. The number of hydrogen-bond acceptors (Lipinski definition) is 4. The van der Waals surface area contributed by atoms with E-state index in [0.717, 1.165) is 8.66 Å². The average molecular weight is 492 g/mol. The van der Waals surface area contributed by atoms with E-state index < -0.39 is 10.0 Å². The quantitative estimate of drug-likeness (QED) is 0.629. The van der Waals surface area contributed by atoms with E-state index in [1.54, 1.807) is 35.4 Å². The van der Waals surface area contributed by atoms with Crippen molar-refractivity contribution in [2.45, 2.75) is 24.3 Å². The molecule has 1 aliphatic rings. The summed E-state index contributed by atoms with van der Waals surface area (Å²) in [5.41, 5.74) is 0. The summed E-state index contributed by atoms with van der Waals surface area (Å²) in [6.07, 6.45) is 1.06. The minimum atomic E-state index is -3.55. The average Bonchev–Trinajstić information content (AvgIpc) is 3.06. The number of halogens is 2. The van der Waals surface area contributed by atoms with Crippen molar-refractivity contribution < 1.29 is 13.2 Å². The smallest absolute Gasteiger partial charge is 0.243 e. The molecular weight excluding hydrogens is 472 g/mol. The van der Waals surface area contributed by atoms with Crippen molar-refractivity contribution in [3.8, 4) is 0 Å². The minimum absolute atomic E-state index is 0.0723. The Bertz CT molecular complexity index is 907. The van der Waals surface area contributed by atoms with Crippen LogP contribution in [0, 0.1) is 5.92 Å². The first-order valence-corrected chi connectivity index (χ1v) is 11.9. The van der Waals surface area contributed by atoms with Crippen LogP contribution in [0.2, 0.25) is 5.02 Å². The van der Waals surface area contributed by atoms with Gasteiger partial charge in [0.05, 0.1) is 15.2 Å². The summed E-state index contributed by atoms with van der Waals surface area (Å²) in [6.45, 7) is 1.26. The normalized spacial score (nSPS) is 16.4. The molecule has 3 rings (SSSR count). The second-order valence-electron chi connectivity index (χ2n) is 6.53. The Hall–Kier alpha value is -0.930. The molecule has 0 aliphatic carbocycles. The molecule has 0 radical (unpaired) electrons. The van der Waals surface area contributed by atoms with Crippen LogP contribution in [0.15, 0.2) is 45.1 Å². The summed E-state index contributed by atoms with van der Waals surface area (Å²) >= 11 is 10.9. The van der Waals surface area contributed by atoms with Crippen LogP contribution < -0.4 is 0 Å². The van der Waals surface area contributed by atoms with Gasteiger partial charge in [-0.05, 0) is 65.2 Å². The lowest BCUT2D eigenvalue weighted by atomic mass is 9.96. The second kappa shape index (κ2) is 8.61. The predicted octanol–water partition coefficient (Wildman–Crippen LogP) is 4.22. The first-order chi connectivity index (χ1) is 12.8. The van der Waals surface area contributed by atoms with Gasteiger partial charge in [-0.1, -0.05) is 11.6 Å². The maximum Gasteiger partial charge on any atom is 0.243 e. The van der Waals surface area contributed by atoms with Crippen LogP contribution in [-0.2, 0) is 21.4 Å². The molecule has 5 nitrogen and oxygen atoms in total. The highest BCUT2D eigenvalue weighted by molar-refractivity contribution is 9.11. The topological polar surface area (TPSA) is 57.7 Å². The van der Waals surface area contributed by atoms with Gasteiger partial charge in [0.1, 0.15) is 0 Å². The Balaban J connectivity index is 1.59. The SMILES string of the molecule is CN(Cc1ccc(Br)s1)C(=O)C1CCN(S(=O)(=O)c2ccc(Cl)cc2)CC1. The summed E-state index contributed by atoms with van der Waals surface area (Å²) in [6, 6.07) is 10.1. The Morgan fingerprint density at radius 3 is 2.41 bits per heavy atom. The van der Waals surface area contributed by atoms with Gasteiger partial charge in [-0.15, -0.1) is 11.3 Å². The molecule has 0 bridgehead atoms. The highest BCUT2D eigenvalue weighted by Crippen LogP contribution is 2.27. The lowest BCUT2D eigenvalue weighted by Crippen LogP contribution is -2.43. The lowest BCUT2D eigenvalue weighted by molar-refractivity contribution is -0.135. The second-order valence-corrected chi connectivity index (χ2v) is 11.5. The maximum atomic E-state index is 12.7. The predicted molar refractivity (Wildman–Crippen MR) is 111 cm³/mol. The van der Waals surface area contributed by atoms with Crippen molar-refractivity contribution >= 4 is 54.8 Å². The van der Waals surface area contributed by atoms with Crippen molar-refractivity contribution in [2.75, 3.05) is 20.1 Å². The van der Waals surface area contributed by atoms with Crippen molar-refractivity contribution in [2.24, 2.45) is 5.92 Å². The molecule has 1 fully saturated rings. The van der Waals surface area contributed by atoms with E-state index in [2.05, 4.69) is 15.9 Å². The summed E-state index contributed by atoms with van der Waals surface area (Å²) < 4.78 is 28.0. The van der Waals surface area contributed by atoms with Gasteiger partial charge in [-0.2, -0.15) is 4.31 Å². The Kier molecular flexibility index (Phi) is 6.63. The van der Waals surface area contributed by atoms with Crippen LogP contribution in [0.25, 0.3) is 0 Å². The van der Waals surface area contributed by atoms with Gasteiger partial charge in [0.15, 0.2) is 0 Å². The summed E-state index contributed by atoms with van der Waals surface area (Å²) in [5.74, 6) is -0.0712. The molecule has 1 aliphatic heterocycles. The van der Waals surface area contributed by atoms with Crippen LogP contribution in [0.3, 0.4) is 0 Å². The third kappa shape index (κ3) is 4.92. The summed E-state index contributed by atoms with van der Waals surface area (Å²) in [4.78, 5) is 15.8. The molecule has 146 valence electrons. The van der Waals surface area contributed by atoms with Gasteiger partial charge in [0.25, 0.3) is 0 Å². The van der Waals surface area contributed by atoms with Crippen LogP contribution >= 0.6 is 38.9 Å². The number of thiophene rings is 1. The first-order valence-electron chi connectivity index (χ1n) is 8.52. The largest absolute Gasteiger partial charge is 0.340 e. The number of carbonyl (C=O) groups is 1. The third-order valence-electron chi connectivity index (χ3n) is 4.65. The van der Waals surface area contributed by atoms with Crippen molar-refractivity contribution in [1.29, 1.82) is 0 Å². The third-order valence-corrected chi connectivity index (χ3v) is 8.43. The van der Waals surface area contributed by atoms with Crippen molar-refractivity contribution in [3.63, 3.8) is 0 Å². The first kappa shape index (κ1) is 20.8. The molecule has 9 heteroatoms. The van der Waals surface area contributed by atoms with E-state index >= 15 is 0 Å². The zero-order valence-electron chi connectivity index (χ0n) is 14.8. The molecule has 0 atom stereocenters. The van der Waals surface area contributed by atoms with E-state index in [4.69, 9.17) is 11.6 Å². The molecule has 2 heterocycles. The molecule has 0 spiro atoms. The fraction of sp³-hybridized carbons (Fsp3) is 0.389.